The Hall–Kier alpha value is -3.39. The van der Waals surface area contributed by atoms with Crippen molar-refractivity contribution in [1.29, 1.82) is 0 Å². The Labute approximate surface area is 199 Å². The summed E-state index contributed by atoms with van der Waals surface area (Å²) in [6.07, 6.45) is -0.631. The van der Waals surface area contributed by atoms with Crippen LogP contribution >= 0.6 is 0 Å². The molecule has 8 heteroatoms. The van der Waals surface area contributed by atoms with Gasteiger partial charge in [0.25, 0.3) is 0 Å². The molecule has 1 atom stereocenters. The fraction of sp³-hybridized carbons (Fsp3) is 0.423. The zero-order valence-corrected chi connectivity index (χ0v) is 19.8. The lowest BCUT2D eigenvalue weighted by Gasteiger charge is -2.26. The summed E-state index contributed by atoms with van der Waals surface area (Å²) in [5.41, 5.74) is 4.53. The molecule has 0 radical (unpaired) electrons. The van der Waals surface area contributed by atoms with E-state index in [0.29, 0.717) is 0 Å². The minimum atomic E-state index is -1.10. The summed E-state index contributed by atoms with van der Waals surface area (Å²) < 4.78 is 10.6. The second-order valence-electron chi connectivity index (χ2n) is 8.73. The van der Waals surface area contributed by atoms with Gasteiger partial charge < -0.3 is 24.8 Å². The van der Waals surface area contributed by atoms with Crippen LogP contribution in [0.4, 0.5) is 4.79 Å². The third kappa shape index (κ3) is 6.14. The predicted molar refractivity (Wildman–Crippen MR) is 128 cm³/mol. The van der Waals surface area contributed by atoms with Gasteiger partial charge in [-0.05, 0) is 28.2 Å². The Morgan fingerprint density at radius 3 is 2.15 bits per heavy atom. The lowest BCUT2D eigenvalue weighted by atomic mass is 9.98. The number of hydrogen-bond donors (Lipinski definition) is 2. The molecule has 0 heterocycles. The molecule has 2 amide bonds. The van der Waals surface area contributed by atoms with Crippen molar-refractivity contribution in [2.24, 2.45) is 5.92 Å². The number of fused-ring (bicyclic) bond motifs is 3. The maximum absolute atomic E-state index is 12.7. The van der Waals surface area contributed by atoms with Crippen molar-refractivity contribution in [2.75, 3.05) is 33.4 Å². The standard InChI is InChI=1S/C26H32N2O6/c1-17(2)23(14-24(29)28(12-13-33-3)15-25(30)31)27-26(32)34-16-22-20-10-6-4-8-18(20)19-9-5-7-11-21(19)22/h4-11,17,22-23H,12-16H2,1-3H3,(H,27,32)(H,30,31)/t23-/m1/s1. The molecular weight excluding hydrogens is 436 g/mol. The number of carbonyl (C=O) groups excluding carboxylic acids is 2. The minimum absolute atomic E-state index is 0.0289. The molecule has 0 saturated carbocycles. The average Bonchev–Trinajstić information content (AvgIpc) is 3.13. The van der Waals surface area contributed by atoms with E-state index in [0.717, 1.165) is 22.3 Å². The van der Waals surface area contributed by atoms with Gasteiger partial charge in [0.05, 0.1) is 6.61 Å². The molecule has 2 aromatic rings. The number of nitrogens with zero attached hydrogens (tertiary/aromatic N) is 1. The van der Waals surface area contributed by atoms with E-state index in [-0.39, 0.29) is 43.9 Å². The normalized spacial score (nSPS) is 13.2. The van der Waals surface area contributed by atoms with Crippen LogP contribution in [0.1, 0.15) is 37.3 Å². The molecule has 0 aromatic heterocycles. The minimum Gasteiger partial charge on any atom is -0.480 e. The van der Waals surface area contributed by atoms with E-state index in [1.54, 1.807) is 0 Å². The number of rotatable bonds is 11. The van der Waals surface area contributed by atoms with Gasteiger partial charge in [0.1, 0.15) is 13.2 Å². The predicted octanol–water partition coefficient (Wildman–Crippen LogP) is 3.50. The fourth-order valence-corrected chi connectivity index (χ4v) is 4.22. The Morgan fingerprint density at radius 2 is 1.62 bits per heavy atom. The van der Waals surface area contributed by atoms with Crippen molar-refractivity contribution in [3.63, 3.8) is 0 Å². The second-order valence-corrected chi connectivity index (χ2v) is 8.73. The number of benzene rings is 2. The Morgan fingerprint density at radius 1 is 1.03 bits per heavy atom. The molecule has 1 aliphatic carbocycles. The smallest absolute Gasteiger partial charge is 0.407 e. The van der Waals surface area contributed by atoms with Gasteiger partial charge in [0.2, 0.25) is 5.91 Å². The first-order valence-corrected chi connectivity index (χ1v) is 11.4. The van der Waals surface area contributed by atoms with Crippen LogP contribution in [0.5, 0.6) is 0 Å². The summed E-state index contributed by atoms with van der Waals surface area (Å²) in [4.78, 5) is 37.8. The summed E-state index contributed by atoms with van der Waals surface area (Å²) in [5.74, 6) is -1.58. The van der Waals surface area contributed by atoms with E-state index in [9.17, 15) is 14.4 Å². The summed E-state index contributed by atoms with van der Waals surface area (Å²) in [6.45, 7) is 3.93. The van der Waals surface area contributed by atoms with Crippen LogP contribution < -0.4 is 5.32 Å². The Kier molecular flexibility index (Phi) is 8.65. The number of ether oxygens (including phenoxy) is 2. The molecule has 0 aliphatic heterocycles. The monoisotopic (exact) mass is 468 g/mol. The largest absolute Gasteiger partial charge is 0.480 e. The number of methoxy groups -OCH3 is 1. The highest BCUT2D eigenvalue weighted by molar-refractivity contribution is 5.82. The van der Waals surface area contributed by atoms with Crippen molar-refractivity contribution >= 4 is 18.0 Å². The number of amides is 2. The van der Waals surface area contributed by atoms with E-state index >= 15 is 0 Å². The van der Waals surface area contributed by atoms with Gasteiger partial charge in [-0.25, -0.2) is 4.79 Å². The zero-order valence-electron chi connectivity index (χ0n) is 19.8. The number of carbonyl (C=O) groups is 3. The number of nitrogens with one attached hydrogen (secondary N) is 1. The molecular formula is C26H32N2O6. The van der Waals surface area contributed by atoms with Gasteiger partial charge in [-0.3, -0.25) is 9.59 Å². The van der Waals surface area contributed by atoms with Crippen LogP contribution in [0.2, 0.25) is 0 Å². The van der Waals surface area contributed by atoms with Gasteiger partial charge in [-0.1, -0.05) is 62.4 Å². The first kappa shape index (κ1) is 25.2. The van der Waals surface area contributed by atoms with Crippen molar-refractivity contribution < 1.29 is 29.0 Å². The topological polar surface area (TPSA) is 105 Å². The molecule has 0 bridgehead atoms. The maximum Gasteiger partial charge on any atom is 0.407 e. The highest BCUT2D eigenvalue weighted by Crippen LogP contribution is 2.44. The van der Waals surface area contributed by atoms with Gasteiger partial charge in [-0.15, -0.1) is 0 Å². The maximum atomic E-state index is 12.7. The van der Waals surface area contributed by atoms with Crippen LogP contribution in [-0.2, 0) is 19.1 Å². The van der Waals surface area contributed by atoms with Crippen LogP contribution in [0.15, 0.2) is 48.5 Å². The fourth-order valence-electron chi connectivity index (χ4n) is 4.22. The molecule has 0 spiro atoms. The van der Waals surface area contributed by atoms with Gasteiger partial charge >= 0.3 is 12.1 Å². The molecule has 34 heavy (non-hydrogen) atoms. The highest BCUT2D eigenvalue weighted by atomic mass is 16.5. The molecule has 1 aliphatic rings. The van der Waals surface area contributed by atoms with Crippen molar-refractivity contribution in [3.05, 3.63) is 59.7 Å². The van der Waals surface area contributed by atoms with E-state index in [2.05, 4.69) is 17.4 Å². The molecule has 2 aromatic carbocycles. The molecule has 2 N–H and O–H groups in total. The lowest BCUT2D eigenvalue weighted by molar-refractivity contribution is -0.145. The molecule has 0 saturated heterocycles. The van der Waals surface area contributed by atoms with E-state index in [4.69, 9.17) is 14.6 Å². The van der Waals surface area contributed by atoms with Crippen molar-refractivity contribution in [2.45, 2.75) is 32.2 Å². The molecule has 0 fully saturated rings. The Bertz CT molecular complexity index is 976. The van der Waals surface area contributed by atoms with Crippen molar-refractivity contribution in [1.82, 2.24) is 10.2 Å². The molecule has 182 valence electrons. The first-order valence-electron chi connectivity index (χ1n) is 11.4. The quantitative estimate of drug-likeness (QED) is 0.523. The van der Waals surface area contributed by atoms with Gasteiger partial charge in [0.15, 0.2) is 0 Å². The third-order valence-electron chi connectivity index (χ3n) is 6.09. The summed E-state index contributed by atoms with van der Waals surface area (Å²) in [5, 5.41) is 11.9. The number of carboxylic acids is 1. The number of hydrogen-bond acceptors (Lipinski definition) is 5. The van der Waals surface area contributed by atoms with E-state index in [1.165, 1.54) is 12.0 Å². The highest BCUT2D eigenvalue weighted by Gasteiger charge is 2.30. The SMILES string of the molecule is COCCN(CC(=O)O)C(=O)C[C@@H](NC(=O)OCC1c2ccccc2-c2ccccc21)C(C)C. The Balaban J connectivity index is 1.62. The number of carboxylic acid groups (broad SMARTS) is 1. The number of aliphatic carboxylic acids is 1. The lowest BCUT2D eigenvalue weighted by Crippen LogP contribution is -2.45. The summed E-state index contributed by atoms with van der Waals surface area (Å²) in [6, 6.07) is 15.7. The van der Waals surface area contributed by atoms with Crippen LogP contribution in [0, 0.1) is 5.92 Å². The van der Waals surface area contributed by atoms with Gasteiger partial charge in [-0.2, -0.15) is 0 Å². The first-order chi connectivity index (χ1) is 16.3. The average molecular weight is 469 g/mol. The van der Waals surface area contributed by atoms with Gasteiger partial charge in [0, 0.05) is 32.0 Å². The summed E-state index contributed by atoms with van der Waals surface area (Å²) >= 11 is 0. The van der Waals surface area contributed by atoms with E-state index < -0.39 is 24.6 Å². The molecule has 8 nitrogen and oxygen atoms in total. The second kappa shape index (κ2) is 11.7. The van der Waals surface area contributed by atoms with Crippen LogP contribution in [0.25, 0.3) is 11.1 Å². The van der Waals surface area contributed by atoms with Crippen molar-refractivity contribution in [3.8, 4) is 11.1 Å². The molecule has 0 unspecified atom stereocenters. The van der Waals surface area contributed by atoms with Crippen LogP contribution in [-0.4, -0.2) is 67.4 Å². The van der Waals surface area contributed by atoms with Crippen LogP contribution in [0.3, 0.4) is 0 Å². The zero-order chi connectivity index (χ0) is 24.7. The summed E-state index contributed by atoms with van der Waals surface area (Å²) in [7, 11) is 1.49. The molecule has 3 rings (SSSR count). The van der Waals surface area contributed by atoms with E-state index in [1.807, 2.05) is 50.2 Å². The third-order valence-corrected chi connectivity index (χ3v) is 6.09. The number of alkyl carbamates (subject to hydrolysis) is 1.